The number of ether oxygens (including phenoxy) is 1. The number of aromatic hydroxyl groups is 2. The van der Waals surface area contributed by atoms with Gasteiger partial charge in [-0.05, 0) is 23.8 Å². The average molecular weight is 354 g/mol. The molecule has 1 aromatic carbocycles. The molecule has 1 aliphatic rings. The van der Waals surface area contributed by atoms with Gasteiger partial charge in [0.15, 0.2) is 17.1 Å². The highest BCUT2D eigenvalue weighted by molar-refractivity contribution is 5.87. The number of benzene rings is 1. The van der Waals surface area contributed by atoms with E-state index in [1.165, 1.54) is 24.3 Å². The first-order chi connectivity index (χ1) is 11.6. The number of carboxylic acids is 1. The van der Waals surface area contributed by atoms with Gasteiger partial charge in [0.25, 0.3) is 0 Å². The van der Waals surface area contributed by atoms with Crippen molar-refractivity contribution in [2.45, 2.75) is 36.8 Å². The van der Waals surface area contributed by atoms with E-state index in [1.54, 1.807) is 0 Å². The number of esters is 1. The summed E-state index contributed by atoms with van der Waals surface area (Å²) >= 11 is 0. The van der Waals surface area contributed by atoms with Crippen molar-refractivity contribution in [3.05, 3.63) is 29.8 Å². The molecule has 0 unspecified atom stereocenters. The molecule has 1 fully saturated rings. The summed E-state index contributed by atoms with van der Waals surface area (Å²) in [5, 5.41) is 57.0. The summed E-state index contributed by atoms with van der Waals surface area (Å²) in [4.78, 5) is 22.9. The lowest BCUT2D eigenvalue weighted by Crippen LogP contribution is -2.57. The molecule has 0 aliphatic heterocycles. The maximum Gasteiger partial charge on any atom is 0.335 e. The van der Waals surface area contributed by atoms with Gasteiger partial charge < -0.3 is 35.4 Å². The van der Waals surface area contributed by atoms with Crippen molar-refractivity contribution < 1.29 is 45.0 Å². The van der Waals surface area contributed by atoms with E-state index >= 15 is 0 Å². The first-order valence-corrected chi connectivity index (χ1v) is 7.35. The van der Waals surface area contributed by atoms with Crippen LogP contribution < -0.4 is 0 Å². The Hall–Kier alpha value is -2.62. The van der Waals surface area contributed by atoms with Gasteiger partial charge in [-0.2, -0.15) is 0 Å². The van der Waals surface area contributed by atoms with Crippen LogP contribution in [0.25, 0.3) is 6.08 Å². The Morgan fingerprint density at radius 3 is 2.44 bits per heavy atom. The van der Waals surface area contributed by atoms with E-state index in [2.05, 4.69) is 0 Å². The highest BCUT2D eigenvalue weighted by atomic mass is 16.6. The van der Waals surface area contributed by atoms with Crippen molar-refractivity contribution in [3.63, 3.8) is 0 Å². The molecule has 25 heavy (non-hydrogen) atoms. The van der Waals surface area contributed by atoms with Crippen molar-refractivity contribution in [1.29, 1.82) is 0 Å². The largest absolute Gasteiger partial charge is 0.504 e. The highest BCUT2D eigenvalue weighted by Gasteiger charge is 2.50. The summed E-state index contributed by atoms with van der Waals surface area (Å²) in [6.07, 6.45) is -3.44. The molecule has 0 bridgehead atoms. The standard InChI is InChI=1S/C16H18O9/c17-9-3-1-8(5-10(9)18)2-4-13(20)25-12-7-16(24,15(22)23)6-11(19)14(12)21/h1-5,11-12,14,17-19,21,24H,6-7H2,(H,22,23)/b4-2+/t11-,12+,14+,16+/m1/s1. The normalized spacial score (nSPS) is 29.5. The molecular weight excluding hydrogens is 336 g/mol. The van der Waals surface area contributed by atoms with Crippen molar-refractivity contribution in [1.82, 2.24) is 0 Å². The molecule has 0 radical (unpaired) electrons. The van der Waals surface area contributed by atoms with Crippen LogP contribution in [0.1, 0.15) is 18.4 Å². The minimum atomic E-state index is -2.31. The summed E-state index contributed by atoms with van der Waals surface area (Å²) in [6, 6.07) is 3.83. The van der Waals surface area contributed by atoms with Crippen LogP contribution >= 0.6 is 0 Å². The summed E-state index contributed by atoms with van der Waals surface area (Å²) < 4.78 is 4.92. The van der Waals surface area contributed by atoms with E-state index in [-0.39, 0.29) is 11.5 Å². The van der Waals surface area contributed by atoms with Crippen LogP contribution in [0, 0.1) is 0 Å². The second-order valence-electron chi connectivity index (χ2n) is 5.86. The molecule has 4 atom stereocenters. The van der Waals surface area contributed by atoms with Crippen LogP contribution in [-0.2, 0) is 14.3 Å². The van der Waals surface area contributed by atoms with Crippen molar-refractivity contribution >= 4 is 18.0 Å². The lowest BCUT2D eigenvalue weighted by Gasteiger charge is -2.39. The van der Waals surface area contributed by atoms with E-state index in [0.29, 0.717) is 5.56 Å². The van der Waals surface area contributed by atoms with Crippen LogP contribution in [0.4, 0.5) is 0 Å². The number of carbonyl (C=O) groups is 2. The predicted octanol–water partition coefficient (Wildman–Crippen LogP) is -0.646. The van der Waals surface area contributed by atoms with Gasteiger partial charge >= 0.3 is 11.9 Å². The SMILES string of the molecule is O=C(/C=C/c1ccc(O)c(O)c1)O[C@H]1C[C@](O)(C(=O)O)C[C@@H](O)[C@@H]1O. The first-order valence-electron chi connectivity index (χ1n) is 7.35. The van der Waals surface area contributed by atoms with E-state index in [9.17, 15) is 35.1 Å². The van der Waals surface area contributed by atoms with Crippen molar-refractivity contribution in [3.8, 4) is 11.5 Å². The van der Waals surface area contributed by atoms with Gasteiger partial charge in [-0.1, -0.05) is 6.07 Å². The Morgan fingerprint density at radius 1 is 1.16 bits per heavy atom. The molecule has 9 heteroatoms. The number of hydrogen-bond donors (Lipinski definition) is 6. The fraction of sp³-hybridized carbons (Fsp3) is 0.375. The number of phenols is 2. The zero-order chi connectivity index (χ0) is 18.8. The third-order valence-corrected chi connectivity index (χ3v) is 3.94. The van der Waals surface area contributed by atoms with Crippen molar-refractivity contribution in [2.75, 3.05) is 0 Å². The predicted molar refractivity (Wildman–Crippen MR) is 82.5 cm³/mol. The van der Waals surface area contributed by atoms with E-state index in [1.807, 2.05) is 0 Å². The maximum atomic E-state index is 11.8. The number of carboxylic acid groups (broad SMARTS) is 1. The topological polar surface area (TPSA) is 165 Å². The summed E-state index contributed by atoms with van der Waals surface area (Å²) in [5.41, 5.74) is -1.94. The molecule has 2 rings (SSSR count). The smallest absolute Gasteiger partial charge is 0.335 e. The Kier molecular flexibility index (Phi) is 5.31. The molecular formula is C16H18O9. The van der Waals surface area contributed by atoms with E-state index in [0.717, 1.165) is 6.08 Å². The lowest BCUT2D eigenvalue weighted by molar-refractivity contribution is -0.196. The zero-order valence-electron chi connectivity index (χ0n) is 12.9. The number of carbonyl (C=O) groups excluding carboxylic acids is 1. The molecule has 0 saturated heterocycles. The average Bonchev–Trinajstić information content (AvgIpc) is 2.53. The number of hydrogen-bond acceptors (Lipinski definition) is 8. The quantitative estimate of drug-likeness (QED) is 0.234. The second kappa shape index (κ2) is 7.09. The Balaban J connectivity index is 2.06. The van der Waals surface area contributed by atoms with Crippen molar-refractivity contribution in [2.24, 2.45) is 0 Å². The highest BCUT2D eigenvalue weighted by Crippen LogP contribution is 2.31. The number of phenolic OH excluding ortho intramolecular Hbond substituents is 2. The van der Waals surface area contributed by atoms with Crippen LogP contribution in [0.5, 0.6) is 11.5 Å². The van der Waals surface area contributed by atoms with Gasteiger partial charge in [-0.25, -0.2) is 9.59 Å². The maximum absolute atomic E-state index is 11.8. The number of aliphatic hydroxyl groups excluding tert-OH is 2. The molecule has 0 aromatic heterocycles. The van der Waals surface area contributed by atoms with Gasteiger partial charge in [0.05, 0.1) is 6.10 Å². The first kappa shape index (κ1) is 18.7. The van der Waals surface area contributed by atoms with Crippen LogP contribution in [0.3, 0.4) is 0 Å². The van der Waals surface area contributed by atoms with Crippen LogP contribution in [-0.4, -0.2) is 66.5 Å². The Labute approximate surface area is 142 Å². The number of rotatable bonds is 4. The number of aliphatic carboxylic acids is 1. The monoisotopic (exact) mass is 354 g/mol. The van der Waals surface area contributed by atoms with Gasteiger partial charge in [-0.3, -0.25) is 0 Å². The molecule has 0 spiro atoms. The summed E-state index contributed by atoms with van der Waals surface area (Å²) in [5.74, 6) is -3.24. The van der Waals surface area contributed by atoms with E-state index in [4.69, 9.17) is 9.84 Å². The molecule has 6 N–H and O–H groups in total. The second-order valence-corrected chi connectivity index (χ2v) is 5.86. The molecule has 0 heterocycles. The molecule has 1 aliphatic carbocycles. The Morgan fingerprint density at radius 2 is 1.84 bits per heavy atom. The minimum absolute atomic E-state index is 0.327. The molecule has 9 nitrogen and oxygen atoms in total. The van der Waals surface area contributed by atoms with Gasteiger partial charge in [0, 0.05) is 18.9 Å². The minimum Gasteiger partial charge on any atom is -0.504 e. The Bertz CT molecular complexity index is 699. The molecule has 1 aromatic rings. The van der Waals surface area contributed by atoms with Gasteiger partial charge in [0.1, 0.15) is 12.2 Å². The van der Waals surface area contributed by atoms with Crippen LogP contribution in [0.15, 0.2) is 24.3 Å². The third kappa shape index (κ3) is 4.27. The molecule has 0 amide bonds. The third-order valence-electron chi connectivity index (χ3n) is 3.94. The van der Waals surface area contributed by atoms with Gasteiger partial charge in [0.2, 0.25) is 0 Å². The van der Waals surface area contributed by atoms with Gasteiger partial charge in [-0.15, -0.1) is 0 Å². The summed E-state index contributed by atoms with van der Waals surface area (Å²) in [6.45, 7) is 0. The fourth-order valence-electron chi connectivity index (χ4n) is 2.53. The lowest BCUT2D eigenvalue weighted by atomic mass is 9.79. The van der Waals surface area contributed by atoms with E-state index < -0.39 is 48.7 Å². The van der Waals surface area contributed by atoms with Crippen LogP contribution in [0.2, 0.25) is 0 Å². The summed E-state index contributed by atoms with van der Waals surface area (Å²) in [7, 11) is 0. The molecule has 136 valence electrons. The fourth-order valence-corrected chi connectivity index (χ4v) is 2.53. The molecule has 1 saturated carbocycles. The zero-order valence-corrected chi connectivity index (χ0v) is 12.9. The number of aliphatic hydroxyl groups is 3.